The molecule has 0 atom stereocenters. The molecule has 1 rings (SSSR count). The van der Waals surface area contributed by atoms with Crippen molar-refractivity contribution in [3.63, 3.8) is 0 Å². The number of hydrogen-bond acceptors (Lipinski definition) is 3. The molecule has 0 radical (unpaired) electrons. The quantitative estimate of drug-likeness (QED) is 0.832. The molecule has 78 valence electrons. The molecule has 0 aliphatic heterocycles. The molecule has 14 heavy (non-hydrogen) atoms. The maximum Gasteiger partial charge on any atom is 0.287 e. The van der Waals surface area contributed by atoms with Crippen LogP contribution in [0.2, 0.25) is 5.02 Å². The molecule has 1 N–H and O–H groups in total. The van der Waals surface area contributed by atoms with Gasteiger partial charge in [0.25, 0.3) is 5.56 Å². The molecular formula is C9H14ClN3O. The fraction of sp³-hybridized carbons (Fsp3) is 0.556. The van der Waals surface area contributed by atoms with Crippen molar-refractivity contribution in [2.45, 2.75) is 13.8 Å². The number of aromatic nitrogens is 2. The third-order valence-corrected chi connectivity index (χ3v) is 2.14. The Hall–Kier alpha value is -1.03. The van der Waals surface area contributed by atoms with E-state index in [1.54, 1.807) is 13.2 Å². The summed E-state index contributed by atoms with van der Waals surface area (Å²) in [6.07, 6.45) is 1.56. The summed E-state index contributed by atoms with van der Waals surface area (Å²) in [5.41, 5.74) is 0.323. The number of anilines is 1. The highest BCUT2D eigenvalue weighted by Gasteiger charge is 2.06. The van der Waals surface area contributed by atoms with Gasteiger partial charge in [-0.25, -0.2) is 4.68 Å². The predicted octanol–water partition coefficient (Wildman–Crippen LogP) is 1.50. The minimum absolute atomic E-state index is 0.197. The van der Waals surface area contributed by atoms with Gasteiger partial charge in [-0.2, -0.15) is 5.10 Å². The van der Waals surface area contributed by atoms with E-state index < -0.39 is 0 Å². The van der Waals surface area contributed by atoms with Crippen LogP contribution in [0.5, 0.6) is 0 Å². The Morgan fingerprint density at radius 3 is 2.86 bits per heavy atom. The average molecular weight is 216 g/mol. The van der Waals surface area contributed by atoms with Gasteiger partial charge in [-0.05, 0) is 5.92 Å². The first-order valence-electron chi connectivity index (χ1n) is 4.48. The normalized spacial score (nSPS) is 10.6. The molecule has 0 saturated heterocycles. The van der Waals surface area contributed by atoms with Crippen molar-refractivity contribution in [2.24, 2.45) is 13.0 Å². The molecule has 0 aromatic carbocycles. The third kappa shape index (κ3) is 2.48. The van der Waals surface area contributed by atoms with Gasteiger partial charge in [0.2, 0.25) is 0 Å². The lowest BCUT2D eigenvalue weighted by Gasteiger charge is -2.09. The number of hydrogen-bond donors (Lipinski definition) is 1. The molecule has 0 unspecified atom stereocenters. The van der Waals surface area contributed by atoms with Gasteiger partial charge >= 0.3 is 0 Å². The molecule has 0 aliphatic carbocycles. The van der Waals surface area contributed by atoms with E-state index in [2.05, 4.69) is 24.3 Å². The molecule has 0 spiro atoms. The van der Waals surface area contributed by atoms with E-state index in [4.69, 9.17) is 11.6 Å². The Labute approximate surface area is 87.9 Å². The van der Waals surface area contributed by atoms with Gasteiger partial charge < -0.3 is 5.32 Å². The van der Waals surface area contributed by atoms with Gasteiger partial charge in [0.05, 0.1) is 11.9 Å². The lowest BCUT2D eigenvalue weighted by Crippen LogP contribution is -2.21. The minimum atomic E-state index is -0.277. The van der Waals surface area contributed by atoms with Crippen molar-refractivity contribution in [3.05, 3.63) is 21.6 Å². The number of nitrogens with zero attached hydrogens (tertiary/aromatic N) is 2. The third-order valence-electron chi connectivity index (χ3n) is 1.78. The van der Waals surface area contributed by atoms with Gasteiger partial charge in [0.1, 0.15) is 5.02 Å². The number of nitrogens with one attached hydrogen (secondary N) is 1. The maximum atomic E-state index is 11.4. The van der Waals surface area contributed by atoms with Crippen molar-refractivity contribution in [3.8, 4) is 0 Å². The summed E-state index contributed by atoms with van der Waals surface area (Å²) in [5, 5.41) is 7.14. The van der Waals surface area contributed by atoms with Crippen LogP contribution in [0.25, 0.3) is 0 Å². The number of halogens is 1. The smallest absolute Gasteiger partial charge is 0.287 e. The van der Waals surface area contributed by atoms with E-state index >= 15 is 0 Å². The highest BCUT2D eigenvalue weighted by Crippen LogP contribution is 2.14. The molecule has 1 aromatic heterocycles. The maximum absolute atomic E-state index is 11.4. The van der Waals surface area contributed by atoms with Crippen LogP contribution in [0.4, 0.5) is 5.69 Å². The Morgan fingerprint density at radius 2 is 2.29 bits per heavy atom. The summed E-state index contributed by atoms with van der Waals surface area (Å²) < 4.78 is 1.21. The summed E-state index contributed by atoms with van der Waals surface area (Å²) in [7, 11) is 1.57. The second kappa shape index (κ2) is 4.46. The molecule has 5 heteroatoms. The number of aryl methyl sites for hydroxylation is 1. The molecule has 4 nitrogen and oxygen atoms in total. The Kier molecular flexibility index (Phi) is 3.52. The van der Waals surface area contributed by atoms with Crippen LogP contribution in [0, 0.1) is 5.92 Å². The van der Waals surface area contributed by atoms with Crippen LogP contribution in [-0.4, -0.2) is 16.3 Å². The summed E-state index contributed by atoms with van der Waals surface area (Å²) in [4.78, 5) is 11.4. The van der Waals surface area contributed by atoms with Gasteiger partial charge in [0, 0.05) is 13.6 Å². The summed E-state index contributed by atoms with van der Waals surface area (Å²) in [6, 6.07) is 0. The predicted molar refractivity (Wildman–Crippen MR) is 57.8 cm³/mol. The SMILES string of the molecule is CC(C)CNc1cnn(C)c(=O)c1Cl. The second-order valence-corrected chi connectivity index (χ2v) is 3.95. The average Bonchev–Trinajstić information content (AvgIpc) is 2.13. The number of rotatable bonds is 3. The van der Waals surface area contributed by atoms with Crippen molar-refractivity contribution in [1.82, 2.24) is 9.78 Å². The highest BCUT2D eigenvalue weighted by molar-refractivity contribution is 6.32. The topological polar surface area (TPSA) is 46.9 Å². The van der Waals surface area contributed by atoms with Crippen LogP contribution < -0.4 is 10.9 Å². The monoisotopic (exact) mass is 215 g/mol. The standard InChI is InChI=1S/C9H14ClN3O/c1-6(2)4-11-7-5-12-13(3)9(14)8(7)10/h5-6,11H,4H2,1-3H3. The lowest BCUT2D eigenvalue weighted by atomic mass is 10.2. The van der Waals surface area contributed by atoms with Gasteiger partial charge in [-0.3, -0.25) is 4.79 Å². The zero-order valence-corrected chi connectivity index (χ0v) is 9.30. The van der Waals surface area contributed by atoms with E-state index in [0.717, 1.165) is 6.54 Å². The zero-order valence-electron chi connectivity index (χ0n) is 8.54. The van der Waals surface area contributed by atoms with Gasteiger partial charge in [-0.15, -0.1) is 0 Å². The van der Waals surface area contributed by atoms with Gasteiger partial charge in [0.15, 0.2) is 0 Å². The first kappa shape index (κ1) is 11.0. The molecule has 1 aromatic rings. The first-order valence-corrected chi connectivity index (χ1v) is 4.86. The summed E-state index contributed by atoms with van der Waals surface area (Å²) >= 11 is 5.85. The highest BCUT2D eigenvalue weighted by atomic mass is 35.5. The lowest BCUT2D eigenvalue weighted by molar-refractivity contribution is 0.681. The molecule has 0 aliphatic rings. The Morgan fingerprint density at radius 1 is 1.64 bits per heavy atom. The fourth-order valence-corrected chi connectivity index (χ4v) is 1.19. The first-order chi connectivity index (χ1) is 6.52. The van der Waals surface area contributed by atoms with Crippen LogP contribution >= 0.6 is 11.6 Å². The van der Waals surface area contributed by atoms with E-state index in [9.17, 15) is 4.79 Å². The molecule has 0 saturated carbocycles. The van der Waals surface area contributed by atoms with E-state index in [-0.39, 0.29) is 10.6 Å². The van der Waals surface area contributed by atoms with E-state index in [1.807, 2.05) is 0 Å². The molecule has 0 fully saturated rings. The van der Waals surface area contributed by atoms with Crippen molar-refractivity contribution in [1.29, 1.82) is 0 Å². The van der Waals surface area contributed by atoms with Crippen LogP contribution in [-0.2, 0) is 7.05 Å². The van der Waals surface area contributed by atoms with E-state index in [1.165, 1.54) is 4.68 Å². The largest absolute Gasteiger partial charge is 0.382 e. The fourth-order valence-electron chi connectivity index (χ4n) is 0.948. The van der Waals surface area contributed by atoms with Crippen molar-refractivity contribution >= 4 is 17.3 Å². The van der Waals surface area contributed by atoms with Crippen LogP contribution in [0.1, 0.15) is 13.8 Å². The molecule has 0 amide bonds. The summed E-state index contributed by atoms with van der Waals surface area (Å²) in [5.74, 6) is 0.495. The van der Waals surface area contributed by atoms with Crippen molar-refractivity contribution < 1.29 is 0 Å². The second-order valence-electron chi connectivity index (χ2n) is 3.58. The molecular weight excluding hydrogens is 202 g/mol. The Balaban J connectivity index is 2.89. The van der Waals surface area contributed by atoms with E-state index in [0.29, 0.717) is 11.6 Å². The zero-order chi connectivity index (χ0) is 10.7. The van der Waals surface area contributed by atoms with Crippen LogP contribution in [0.3, 0.4) is 0 Å². The van der Waals surface area contributed by atoms with Crippen LogP contribution in [0.15, 0.2) is 11.0 Å². The molecule has 0 bridgehead atoms. The van der Waals surface area contributed by atoms with Crippen molar-refractivity contribution in [2.75, 3.05) is 11.9 Å². The summed E-state index contributed by atoms with van der Waals surface area (Å²) in [6.45, 7) is 4.93. The van der Waals surface area contributed by atoms with Gasteiger partial charge in [-0.1, -0.05) is 25.4 Å². The Bertz CT molecular complexity index is 373. The molecule has 1 heterocycles. The minimum Gasteiger partial charge on any atom is -0.382 e.